The molecular weight excluding hydrogens is 318 g/mol. The van der Waals surface area contributed by atoms with E-state index in [-0.39, 0.29) is 12.6 Å². The van der Waals surface area contributed by atoms with E-state index in [1.54, 1.807) is 18.8 Å². The molecule has 128 valence electrons. The van der Waals surface area contributed by atoms with Gasteiger partial charge in [0.05, 0.1) is 13.7 Å². The summed E-state index contributed by atoms with van der Waals surface area (Å²) < 4.78 is 10.6. The molecule has 0 atom stereocenters. The molecule has 0 aliphatic rings. The van der Waals surface area contributed by atoms with E-state index in [4.69, 9.17) is 9.47 Å². The fourth-order valence-electron chi connectivity index (χ4n) is 2.40. The molecule has 3 aromatic rings. The minimum Gasteiger partial charge on any atom is -0.494 e. The van der Waals surface area contributed by atoms with Gasteiger partial charge in [-0.2, -0.15) is 0 Å². The molecule has 0 saturated heterocycles. The van der Waals surface area contributed by atoms with E-state index >= 15 is 0 Å². The van der Waals surface area contributed by atoms with E-state index in [2.05, 4.69) is 16.8 Å². The number of carbonyl (C=O) groups excluding carboxylic acids is 1. The van der Waals surface area contributed by atoms with E-state index < -0.39 is 0 Å². The van der Waals surface area contributed by atoms with Gasteiger partial charge in [-0.25, -0.2) is 4.79 Å². The number of ether oxygens (including phenoxy) is 2. The van der Waals surface area contributed by atoms with Crippen LogP contribution in [0, 0.1) is 0 Å². The van der Waals surface area contributed by atoms with Crippen molar-refractivity contribution in [1.82, 2.24) is 15.0 Å². The van der Waals surface area contributed by atoms with Gasteiger partial charge in [0.2, 0.25) is 0 Å². The molecule has 0 aliphatic heterocycles. The number of esters is 1. The summed E-state index contributed by atoms with van der Waals surface area (Å²) in [6.45, 7) is 5.48. The first-order valence-electron chi connectivity index (χ1n) is 7.90. The summed E-state index contributed by atoms with van der Waals surface area (Å²) in [5, 5.41) is 8.99. The van der Waals surface area contributed by atoms with Crippen LogP contribution in [0.5, 0.6) is 5.75 Å². The van der Waals surface area contributed by atoms with Gasteiger partial charge < -0.3 is 9.47 Å². The van der Waals surface area contributed by atoms with Crippen LogP contribution >= 0.6 is 0 Å². The Bertz CT molecular complexity index is 898. The fraction of sp³-hybridized carbons (Fsp3) is 0.211. The van der Waals surface area contributed by atoms with Crippen molar-refractivity contribution in [1.29, 1.82) is 0 Å². The van der Waals surface area contributed by atoms with Crippen molar-refractivity contribution in [2.75, 3.05) is 13.7 Å². The zero-order chi connectivity index (χ0) is 17.8. The summed E-state index contributed by atoms with van der Waals surface area (Å²) in [5.74, 6) is 0.289. The van der Waals surface area contributed by atoms with Gasteiger partial charge in [-0.1, -0.05) is 24.8 Å². The Morgan fingerprint density at radius 3 is 2.44 bits per heavy atom. The van der Waals surface area contributed by atoms with Gasteiger partial charge in [0.1, 0.15) is 22.5 Å². The standard InChI is InChI=1S/C19H19N3O3/c1-13(2)19(23)25-11-10-14-8-9-18(24-3)17(12-14)22-20-15-6-4-5-7-16(15)21-22/h4-9,12H,1,10-11H2,2-3H3. The second kappa shape index (κ2) is 7.17. The first kappa shape index (κ1) is 16.7. The van der Waals surface area contributed by atoms with Crippen molar-refractivity contribution >= 4 is 17.0 Å². The highest BCUT2D eigenvalue weighted by Gasteiger charge is 2.11. The molecule has 1 heterocycles. The first-order chi connectivity index (χ1) is 12.1. The van der Waals surface area contributed by atoms with Crippen molar-refractivity contribution < 1.29 is 14.3 Å². The van der Waals surface area contributed by atoms with Crippen LogP contribution in [-0.2, 0) is 16.0 Å². The van der Waals surface area contributed by atoms with Gasteiger partial charge in [0, 0.05) is 12.0 Å². The summed E-state index contributed by atoms with van der Waals surface area (Å²) in [6.07, 6.45) is 0.580. The zero-order valence-corrected chi connectivity index (χ0v) is 14.2. The molecule has 0 amide bonds. The van der Waals surface area contributed by atoms with Crippen molar-refractivity contribution in [3.05, 3.63) is 60.2 Å². The van der Waals surface area contributed by atoms with Gasteiger partial charge in [-0.05, 0) is 36.8 Å². The highest BCUT2D eigenvalue weighted by atomic mass is 16.5. The number of fused-ring (bicyclic) bond motifs is 1. The van der Waals surface area contributed by atoms with Crippen molar-refractivity contribution in [2.24, 2.45) is 0 Å². The lowest BCUT2D eigenvalue weighted by molar-refractivity contribution is -0.138. The Hall–Kier alpha value is -3.15. The van der Waals surface area contributed by atoms with Gasteiger partial charge >= 0.3 is 5.97 Å². The largest absolute Gasteiger partial charge is 0.494 e. The number of nitrogens with zero attached hydrogens (tertiary/aromatic N) is 3. The molecule has 2 aromatic carbocycles. The topological polar surface area (TPSA) is 66.2 Å². The van der Waals surface area contributed by atoms with E-state index in [0.29, 0.717) is 17.7 Å². The summed E-state index contributed by atoms with van der Waals surface area (Å²) in [6, 6.07) is 13.4. The van der Waals surface area contributed by atoms with E-state index in [1.807, 2.05) is 42.5 Å². The van der Waals surface area contributed by atoms with Gasteiger partial charge in [0.15, 0.2) is 0 Å². The summed E-state index contributed by atoms with van der Waals surface area (Å²) in [7, 11) is 1.61. The van der Waals surface area contributed by atoms with Crippen LogP contribution < -0.4 is 4.74 Å². The maximum atomic E-state index is 11.5. The van der Waals surface area contributed by atoms with E-state index in [0.717, 1.165) is 22.3 Å². The molecule has 0 unspecified atom stereocenters. The molecule has 0 fully saturated rings. The van der Waals surface area contributed by atoms with Crippen LogP contribution in [0.1, 0.15) is 12.5 Å². The van der Waals surface area contributed by atoms with Crippen molar-refractivity contribution in [3.8, 4) is 11.4 Å². The summed E-state index contributed by atoms with van der Waals surface area (Å²) >= 11 is 0. The van der Waals surface area contributed by atoms with Crippen LogP contribution in [-0.4, -0.2) is 34.7 Å². The minimum atomic E-state index is -0.381. The smallest absolute Gasteiger partial charge is 0.333 e. The molecule has 1 aromatic heterocycles. The molecular formula is C19H19N3O3. The Labute approximate surface area is 145 Å². The second-order valence-electron chi connectivity index (χ2n) is 5.65. The van der Waals surface area contributed by atoms with Crippen LogP contribution in [0.25, 0.3) is 16.7 Å². The van der Waals surface area contributed by atoms with E-state index in [1.165, 1.54) is 0 Å². The normalized spacial score (nSPS) is 10.6. The van der Waals surface area contributed by atoms with E-state index in [9.17, 15) is 4.79 Å². The fourth-order valence-corrected chi connectivity index (χ4v) is 2.40. The third-order valence-electron chi connectivity index (χ3n) is 3.72. The number of rotatable bonds is 6. The van der Waals surface area contributed by atoms with Crippen LogP contribution in [0.15, 0.2) is 54.6 Å². The predicted octanol–water partition coefficient (Wildman–Crippen LogP) is 3.09. The number of hydrogen-bond acceptors (Lipinski definition) is 5. The third kappa shape index (κ3) is 3.68. The van der Waals surface area contributed by atoms with Gasteiger partial charge in [0.25, 0.3) is 0 Å². The Balaban J connectivity index is 1.85. The zero-order valence-electron chi connectivity index (χ0n) is 14.2. The maximum absolute atomic E-state index is 11.5. The molecule has 6 heteroatoms. The summed E-state index contributed by atoms with van der Waals surface area (Å²) in [4.78, 5) is 13.0. The molecule has 3 rings (SSSR count). The van der Waals surface area contributed by atoms with Gasteiger partial charge in [-0.3, -0.25) is 0 Å². The Morgan fingerprint density at radius 2 is 1.84 bits per heavy atom. The molecule has 0 aliphatic carbocycles. The van der Waals surface area contributed by atoms with Crippen LogP contribution in [0.3, 0.4) is 0 Å². The molecule has 0 saturated carbocycles. The Morgan fingerprint density at radius 1 is 1.16 bits per heavy atom. The number of hydrogen-bond donors (Lipinski definition) is 0. The summed E-state index contributed by atoms with van der Waals surface area (Å²) in [5.41, 5.74) is 3.74. The molecule has 0 N–H and O–H groups in total. The number of carbonyl (C=O) groups is 1. The predicted molar refractivity (Wildman–Crippen MR) is 94.9 cm³/mol. The monoisotopic (exact) mass is 337 g/mol. The highest BCUT2D eigenvalue weighted by Crippen LogP contribution is 2.24. The quantitative estimate of drug-likeness (QED) is 0.511. The third-order valence-corrected chi connectivity index (χ3v) is 3.72. The first-order valence-corrected chi connectivity index (χ1v) is 7.90. The molecule has 0 radical (unpaired) electrons. The minimum absolute atomic E-state index is 0.284. The number of methoxy groups -OCH3 is 1. The molecule has 25 heavy (non-hydrogen) atoms. The maximum Gasteiger partial charge on any atom is 0.333 e. The average Bonchev–Trinajstić information content (AvgIpc) is 3.05. The SMILES string of the molecule is C=C(C)C(=O)OCCc1ccc(OC)c(-n2nc3ccccc3n2)c1. The Kier molecular flexibility index (Phi) is 4.79. The lowest BCUT2D eigenvalue weighted by atomic mass is 10.1. The van der Waals surface area contributed by atoms with Gasteiger partial charge in [-0.15, -0.1) is 15.0 Å². The van der Waals surface area contributed by atoms with Crippen LogP contribution in [0.4, 0.5) is 0 Å². The molecule has 0 bridgehead atoms. The second-order valence-corrected chi connectivity index (χ2v) is 5.65. The number of aromatic nitrogens is 3. The highest BCUT2D eigenvalue weighted by molar-refractivity contribution is 5.86. The lowest BCUT2D eigenvalue weighted by Crippen LogP contribution is -2.09. The number of benzene rings is 2. The van der Waals surface area contributed by atoms with Crippen molar-refractivity contribution in [3.63, 3.8) is 0 Å². The van der Waals surface area contributed by atoms with Crippen LogP contribution in [0.2, 0.25) is 0 Å². The average molecular weight is 337 g/mol. The van der Waals surface area contributed by atoms with Crippen molar-refractivity contribution in [2.45, 2.75) is 13.3 Å². The molecule has 6 nitrogen and oxygen atoms in total. The molecule has 0 spiro atoms. The lowest BCUT2D eigenvalue weighted by Gasteiger charge is -2.10.